The van der Waals surface area contributed by atoms with E-state index in [1.165, 1.54) is 12.1 Å². The first kappa shape index (κ1) is 20.9. The summed E-state index contributed by atoms with van der Waals surface area (Å²) in [7, 11) is 1.91. The highest BCUT2D eigenvalue weighted by Gasteiger charge is 2.28. The molecule has 1 aromatic heterocycles. The number of rotatable bonds is 5. The Balaban J connectivity index is 1.27. The van der Waals surface area contributed by atoms with E-state index in [1.54, 1.807) is 10.9 Å². The highest BCUT2D eigenvalue weighted by atomic mass is 19.1. The molecule has 0 spiro atoms. The lowest BCUT2D eigenvalue weighted by Gasteiger charge is -2.25. The van der Waals surface area contributed by atoms with Gasteiger partial charge < -0.3 is 15.0 Å². The van der Waals surface area contributed by atoms with Crippen LogP contribution in [-0.4, -0.2) is 57.5 Å². The second kappa shape index (κ2) is 8.30. The lowest BCUT2D eigenvalue weighted by molar-refractivity contribution is -0.104. The molecule has 4 aliphatic heterocycles. The molecule has 0 aliphatic carbocycles. The molecule has 6 rings (SSSR count). The van der Waals surface area contributed by atoms with Crippen LogP contribution < -0.4 is 10.7 Å². The third kappa shape index (κ3) is 3.64. The fraction of sp³-hybridized carbons (Fsp3) is 0.333. The van der Waals surface area contributed by atoms with Gasteiger partial charge in [0.2, 0.25) is 0 Å². The van der Waals surface area contributed by atoms with Gasteiger partial charge in [-0.3, -0.25) is 15.2 Å². The van der Waals surface area contributed by atoms with Gasteiger partial charge in [-0.25, -0.2) is 9.07 Å². The van der Waals surface area contributed by atoms with Gasteiger partial charge in [0.1, 0.15) is 12.0 Å². The fourth-order valence-electron chi connectivity index (χ4n) is 4.84. The Bertz CT molecular complexity index is 1260. The van der Waals surface area contributed by atoms with Gasteiger partial charge in [0.15, 0.2) is 12.5 Å². The molecular formula is C24H26FN7O2. The molecule has 0 amide bonds. The van der Waals surface area contributed by atoms with Crippen LogP contribution in [0.25, 0.3) is 16.6 Å². The predicted octanol–water partition coefficient (Wildman–Crippen LogP) is 2.57. The van der Waals surface area contributed by atoms with E-state index >= 15 is 0 Å². The molecule has 2 aromatic rings. The van der Waals surface area contributed by atoms with E-state index in [2.05, 4.69) is 15.8 Å². The molecule has 9 nitrogen and oxygen atoms in total. The van der Waals surface area contributed by atoms with E-state index in [-0.39, 0.29) is 18.2 Å². The van der Waals surface area contributed by atoms with Crippen molar-refractivity contribution in [2.75, 3.05) is 20.2 Å². The van der Waals surface area contributed by atoms with E-state index in [0.717, 1.165) is 53.4 Å². The largest absolute Gasteiger partial charge is 0.362 e. The minimum absolute atomic E-state index is 0.00120. The van der Waals surface area contributed by atoms with Crippen molar-refractivity contribution in [3.63, 3.8) is 0 Å². The molecule has 0 saturated carbocycles. The number of nitrogens with zero attached hydrogens (tertiary/aromatic N) is 5. The first-order valence-electron chi connectivity index (χ1n) is 11.5. The summed E-state index contributed by atoms with van der Waals surface area (Å²) < 4.78 is 22.4. The number of benzene rings is 1. The summed E-state index contributed by atoms with van der Waals surface area (Å²) >= 11 is 0. The van der Waals surface area contributed by atoms with Crippen molar-refractivity contribution in [3.05, 3.63) is 71.7 Å². The number of allylic oxidation sites excluding steroid dienone is 2. The second-order valence-electron chi connectivity index (χ2n) is 8.87. The molecule has 34 heavy (non-hydrogen) atoms. The standard InChI is InChI=1S/C24H26FN7O2/c1-29-28-21(14-31(29)13-18-12-30-11-16(15-33)5-6-23(30)27-18)19-8-17(25)9-22-20(19)10-26-32(22)24-4-2-3-7-34-24/h5-6,8-12,14-15,23-24,27-28H,2-4,7,13H2,1H3. The maximum Gasteiger partial charge on any atom is 0.151 e. The van der Waals surface area contributed by atoms with Crippen LogP contribution in [-0.2, 0) is 9.53 Å². The fourth-order valence-corrected chi connectivity index (χ4v) is 4.84. The quantitative estimate of drug-likeness (QED) is 0.656. The first-order valence-corrected chi connectivity index (χ1v) is 11.5. The zero-order valence-electron chi connectivity index (χ0n) is 18.8. The highest BCUT2D eigenvalue weighted by molar-refractivity contribution is 5.91. The number of halogens is 1. The Hall–Kier alpha value is -3.63. The number of fused-ring (bicyclic) bond motifs is 2. The Morgan fingerprint density at radius 3 is 3.00 bits per heavy atom. The Morgan fingerprint density at radius 1 is 1.26 bits per heavy atom. The summed E-state index contributed by atoms with van der Waals surface area (Å²) in [5, 5.41) is 12.7. The topological polar surface area (TPSA) is 77.9 Å². The first-order chi connectivity index (χ1) is 16.6. The third-order valence-corrected chi connectivity index (χ3v) is 6.54. The predicted molar refractivity (Wildman–Crippen MR) is 124 cm³/mol. The van der Waals surface area contributed by atoms with Crippen LogP contribution >= 0.6 is 0 Å². The van der Waals surface area contributed by atoms with Crippen molar-refractivity contribution in [1.82, 2.24) is 35.5 Å². The Morgan fingerprint density at radius 2 is 2.18 bits per heavy atom. The van der Waals surface area contributed by atoms with Crippen LogP contribution in [0.5, 0.6) is 0 Å². The molecule has 1 fully saturated rings. The molecule has 2 N–H and O–H groups in total. The lowest BCUT2D eigenvalue weighted by atomic mass is 10.1. The van der Waals surface area contributed by atoms with Crippen molar-refractivity contribution in [2.24, 2.45) is 0 Å². The summed E-state index contributed by atoms with van der Waals surface area (Å²) in [6.45, 7) is 1.27. The van der Waals surface area contributed by atoms with Gasteiger partial charge in [0, 0.05) is 48.8 Å². The number of nitrogens with one attached hydrogen (secondary N) is 2. The summed E-state index contributed by atoms with van der Waals surface area (Å²) in [5.41, 5.74) is 7.22. The SMILES string of the molecule is CN1NC(c2cc(F)cc3c2cnn3C2CCCCO2)=CN1CC1=CN2C=C(C=O)C=CC2N1. The molecule has 10 heteroatoms. The minimum Gasteiger partial charge on any atom is -0.362 e. The molecular weight excluding hydrogens is 437 g/mol. The van der Waals surface area contributed by atoms with Gasteiger partial charge in [0.25, 0.3) is 0 Å². The summed E-state index contributed by atoms with van der Waals surface area (Å²) in [6.07, 6.45) is 15.0. The number of carbonyl (C=O) groups is 1. The number of hydrazine groups is 2. The second-order valence-corrected chi connectivity index (χ2v) is 8.87. The van der Waals surface area contributed by atoms with Crippen LogP contribution in [0.2, 0.25) is 0 Å². The van der Waals surface area contributed by atoms with Crippen LogP contribution in [0.1, 0.15) is 31.1 Å². The normalized spacial score (nSPS) is 24.5. The van der Waals surface area contributed by atoms with Gasteiger partial charge in [-0.05, 0) is 37.5 Å². The van der Waals surface area contributed by atoms with E-state index in [1.807, 2.05) is 52.8 Å². The number of carbonyl (C=O) groups excluding carboxylic acids is 1. The highest BCUT2D eigenvalue weighted by Crippen LogP contribution is 2.32. The molecule has 2 unspecified atom stereocenters. The van der Waals surface area contributed by atoms with Gasteiger partial charge in [-0.2, -0.15) is 5.10 Å². The van der Waals surface area contributed by atoms with Crippen molar-refractivity contribution in [3.8, 4) is 0 Å². The van der Waals surface area contributed by atoms with Crippen LogP contribution in [0.4, 0.5) is 4.39 Å². The smallest absolute Gasteiger partial charge is 0.151 e. The molecule has 2 atom stereocenters. The average Bonchev–Trinajstić information content (AvgIpc) is 3.55. The molecule has 176 valence electrons. The minimum atomic E-state index is -0.314. The van der Waals surface area contributed by atoms with Crippen molar-refractivity contribution < 1.29 is 13.9 Å². The monoisotopic (exact) mass is 463 g/mol. The lowest BCUT2D eigenvalue weighted by Crippen LogP contribution is -2.41. The number of hydrogen-bond donors (Lipinski definition) is 2. The summed E-state index contributed by atoms with van der Waals surface area (Å²) in [6, 6.07) is 3.06. The van der Waals surface area contributed by atoms with E-state index in [4.69, 9.17) is 4.74 Å². The van der Waals surface area contributed by atoms with Crippen molar-refractivity contribution >= 4 is 22.9 Å². The maximum absolute atomic E-state index is 14.7. The van der Waals surface area contributed by atoms with Crippen LogP contribution in [0.15, 0.2) is 60.4 Å². The van der Waals surface area contributed by atoms with Crippen LogP contribution in [0.3, 0.4) is 0 Å². The molecule has 0 radical (unpaired) electrons. The van der Waals surface area contributed by atoms with Gasteiger partial charge in [-0.1, -0.05) is 6.08 Å². The Labute approximate surface area is 196 Å². The zero-order valence-corrected chi connectivity index (χ0v) is 18.8. The van der Waals surface area contributed by atoms with E-state index in [0.29, 0.717) is 18.7 Å². The zero-order chi connectivity index (χ0) is 23.2. The van der Waals surface area contributed by atoms with Gasteiger partial charge in [0.05, 0.1) is 29.7 Å². The Kier molecular flexibility index (Phi) is 5.11. The molecule has 4 aliphatic rings. The van der Waals surface area contributed by atoms with Gasteiger partial charge in [-0.15, -0.1) is 5.12 Å². The number of aromatic nitrogens is 2. The molecule has 0 bridgehead atoms. The third-order valence-electron chi connectivity index (χ3n) is 6.54. The average molecular weight is 464 g/mol. The molecule has 1 saturated heterocycles. The number of hydrogen-bond acceptors (Lipinski definition) is 8. The van der Waals surface area contributed by atoms with Gasteiger partial charge >= 0.3 is 0 Å². The summed E-state index contributed by atoms with van der Waals surface area (Å²) in [4.78, 5) is 13.1. The van der Waals surface area contributed by atoms with E-state index < -0.39 is 0 Å². The van der Waals surface area contributed by atoms with Crippen molar-refractivity contribution in [2.45, 2.75) is 31.7 Å². The van der Waals surface area contributed by atoms with Crippen LogP contribution in [0, 0.1) is 5.82 Å². The number of aldehydes is 1. The van der Waals surface area contributed by atoms with Crippen molar-refractivity contribution in [1.29, 1.82) is 0 Å². The summed E-state index contributed by atoms with van der Waals surface area (Å²) in [5.74, 6) is -0.314. The maximum atomic E-state index is 14.7. The van der Waals surface area contributed by atoms with E-state index in [9.17, 15) is 9.18 Å². The molecule has 5 heterocycles. The number of ether oxygens (including phenoxy) is 1. The molecule has 1 aromatic carbocycles.